The van der Waals surface area contributed by atoms with Crippen molar-refractivity contribution in [1.29, 1.82) is 0 Å². The number of halogens is 2. The number of thiazole rings is 1. The van der Waals surface area contributed by atoms with Gasteiger partial charge < -0.3 is 10.2 Å². The summed E-state index contributed by atoms with van der Waals surface area (Å²) < 4.78 is 14.8. The van der Waals surface area contributed by atoms with Crippen molar-refractivity contribution in [2.75, 3.05) is 11.4 Å². The molecule has 0 saturated heterocycles. The lowest BCUT2D eigenvalue weighted by Crippen LogP contribution is -2.27. The van der Waals surface area contributed by atoms with Gasteiger partial charge in [0.2, 0.25) is 0 Å². The molecule has 0 saturated carbocycles. The molecule has 1 aromatic heterocycles. The van der Waals surface area contributed by atoms with Crippen LogP contribution in [0.3, 0.4) is 0 Å². The number of carbonyl (C=O) groups is 1. The van der Waals surface area contributed by atoms with Gasteiger partial charge in [0, 0.05) is 28.4 Å². The molecule has 3 aromatic rings. The quantitative estimate of drug-likeness (QED) is 0.360. The fourth-order valence-electron chi connectivity index (χ4n) is 3.70. The molecular formula is C27H27ClFN3OS. The molecule has 4 nitrogen and oxygen atoms in total. The number of rotatable bonds is 8. The third-order valence-corrected chi connectivity index (χ3v) is 6.84. The monoisotopic (exact) mass is 495 g/mol. The number of aromatic nitrogens is 1. The average molecular weight is 496 g/mol. The van der Waals surface area contributed by atoms with E-state index >= 15 is 0 Å². The van der Waals surface area contributed by atoms with Crippen molar-refractivity contribution in [2.24, 2.45) is 5.92 Å². The first-order valence-corrected chi connectivity index (χ1v) is 12.5. The minimum Gasteiger partial charge on any atom is -0.352 e. The van der Waals surface area contributed by atoms with E-state index in [1.165, 1.54) is 17.4 Å². The van der Waals surface area contributed by atoms with Gasteiger partial charge >= 0.3 is 0 Å². The van der Waals surface area contributed by atoms with Gasteiger partial charge in [0.1, 0.15) is 5.82 Å². The highest BCUT2D eigenvalue weighted by atomic mass is 35.5. The molecule has 1 heterocycles. The van der Waals surface area contributed by atoms with E-state index in [0.29, 0.717) is 35.4 Å². The van der Waals surface area contributed by atoms with Crippen molar-refractivity contribution in [1.82, 2.24) is 10.3 Å². The Balaban J connectivity index is 1.59. The second-order valence-electron chi connectivity index (χ2n) is 8.66. The van der Waals surface area contributed by atoms with Crippen LogP contribution in [-0.4, -0.2) is 17.4 Å². The van der Waals surface area contributed by atoms with Gasteiger partial charge in [-0.05, 0) is 48.2 Å². The summed E-state index contributed by atoms with van der Waals surface area (Å²) in [5.74, 6) is -0.0109. The molecule has 0 spiro atoms. The summed E-state index contributed by atoms with van der Waals surface area (Å²) in [6, 6.07) is 14.1. The summed E-state index contributed by atoms with van der Waals surface area (Å²) in [4.78, 5) is 19.1. The number of nitrogens with one attached hydrogen (secondary N) is 1. The molecule has 0 bridgehead atoms. The minimum atomic E-state index is -0.317. The van der Waals surface area contributed by atoms with Crippen LogP contribution in [0.4, 0.5) is 15.2 Å². The Labute approximate surface area is 208 Å². The summed E-state index contributed by atoms with van der Waals surface area (Å²) in [6.07, 6.45) is 6.70. The number of benzene rings is 2. The number of hydrogen-bond donors (Lipinski definition) is 1. The number of allylic oxidation sites excluding steroid dienone is 4. The van der Waals surface area contributed by atoms with Crippen molar-refractivity contribution >= 4 is 39.7 Å². The number of hydrogen-bond acceptors (Lipinski definition) is 4. The van der Waals surface area contributed by atoms with E-state index in [1.54, 1.807) is 24.3 Å². The zero-order chi connectivity index (χ0) is 24.1. The van der Waals surface area contributed by atoms with Crippen LogP contribution in [0, 0.1) is 11.7 Å². The highest BCUT2D eigenvalue weighted by Crippen LogP contribution is 2.38. The molecule has 7 heteroatoms. The van der Waals surface area contributed by atoms with E-state index < -0.39 is 0 Å². The van der Waals surface area contributed by atoms with Crippen LogP contribution in [0.25, 0.3) is 0 Å². The Morgan fingerprint density at radius 1 is 1.24 bits per heavy atom. The molecule has 1 amide bonds. The molecule has 0 aliphatic heterocycles. The molecule has 0 fully saturated rings. The van der Waals surface area contributed by atoms with Crippen molar-refractivity contribution in [3.05, 3.63) is 99.8 Å². The van der Waals surface area contributed by atoms with Crippen LogP contribution < -0.4 is 10.2 Å². The van der Waals surface area contributed by atoms with Gasteiger partial charge in [-0.3, -0.25) is 4.79 Å². The maximum Gasteiger partial charge on any atom is 0.251 e. The fourth-order valence-corrected chi connectivity index (χ4v) is 4.86. The van der Waals surface area contributed by atoms with Crippen molar-refractivity contribution in [3.63, 3.8) is 0 Å². The molecule has 1 unspecified atom stereocenters. The second-order valence-corrected chi connectivity index (χ2v) is 9.93. The van der Waals surface area contributed by atoms with E-state index in [0.717, 1.165) is 22.7 Å². The van der Waals surface area contributed by atoms with Gasteiger partial charge in [0.15, 0.2) is 5.13 Å². The van der Waals surface area contributed by atoms with Gasteiger partial charge in [-0.15, -0.1) is 11.3 Å². The van der Waals surface area contributed by atoms with E-state index in [2.05, 4.69) is 25.2 Å². The number of nitrogens with zero attached hydrogens (tertiary/aromatic N) is 2. The van der Waals surface area contributed by atoms with Crippen molar-refractivity contribution in [3.8, 4) is 0 Å². The molecule has 1 N–H and O–H groups in total. The van der Waals surface area contributed by atoms with E-state index in [-0.39, 0.29) is 17.6 Å². The molecule has 0 radical (unpaired) electrons. The predicted molar refractivity (Wildman–Crippen MR) is 138 cm³/mol. The van der Waals surface area contributed by atoms with Gasteiger partial charge in [-0.1, -0.05) is 61.9 Å². The molecular weight excluding hydrogens is 469 g/mol. The average Bonchev–Trinajstić information content (AvgIpc) is 3.32. The molecule has 4 rings (SSSR count). The Kier molecular flexibility index (Phi) is 7.80. The summed E-state index contributed by atoms with van der Waals surface area (Å²) in [5.41, 5.74) is 2.88. The lowest BCUT2D eigenvalue weighted by Gasteiger charge is -2.23. The molecule has 1 atom stereocenters. The van der Waals surface area contributed by atoms with Gasteiger partial charge in [-0.2, -0.15) is 0 Å². The third kappa shape index (κ3) is 5.75. The van der Waals surface area contributed by atoms with Crippen LogP contribution >= 0.6 is 22.9 Å². The number of para-hydroxylation sites is 1. The molecule has 34 heavy (non-hydrogen) atoms. The number of amides is 1. The molecule has 176 valence electrons. The third-order valence-electron chi connectivity index (χ3n) is 5.56. The standard InChI is InChI=1S/C27H27ClFN3OS/c1-18(2)15-30-26(33)20-13-11-19(12-14-20)16-32(25-10-6-5-9-23(25)29)27-31-24(17-34-27)21-7-3-4-8-22(21)28/h3-6,8-14,17-18,21H,7,15-16H2,1-2H3,(H,30,33). The summed E-state index contributed by atoms with van der Waals surface area (Å²) in [6.45, 7) is 5.15. The molecule has 1 aliphatic carbocycles. The first kappa shape index (κ1) is 24.2. The maximum atomic E-state index is 14.8. The van der Waals surface area contributed by atoms with Crippen LogP contribution in [0.5, 0.6) is 0 Å². The fraction of sp³-hybridized carbons (Fsp3) is 0.259. The van der Waals surface area contributed by atoms with Gasteiger partial charge in [-0.25, -0.2) is 9.37 Å². The SMILES string of the molecule is CC(C)CNC(=O)c1ccc(CN(c2nc(C3CC=CC=C3Cl)cs2)c2ccccc2F)cc1. The Hall–Kier alpha value is -2.96. The van der Waals surface area contributed by atoms with E-state index in [9.17, 15) is 9.18 Å². The van der Waals surface area contributed by atoms with Gasteiger partial charge in [0.25, 0.3) is 5.91 Å². The number of anilines is 2. The lowest BCUT2D eigenvalue weighted by molar-refractivity contribution is 0.0949. The highest BCUT2D eigenvalue weighted by molar-refractivity contribution is 7.13. The zero-order valence-electron chi connectivity index (χ0n) is 19.2. The lowest BCUT2D eigenvalue weighted by atomic mass is 9.98. The maximum absolute atomic E-state index is 14.8. The summed E-state index contributed by atoms with van der Waals surface area (Å²) >= 11 is 7.89. The van der Waals surface area contributed by atoms with Crippen LogP contribution in [0.2, 0.25) is 0 Å². The van der Waals surface area contributed by atoms with E-state index in [4.69, 9.17) is 16.6 Å². The first-order valence-electron chi connectivity index (χ1n) is 11.3. The van der Waals surface area contributed by atoms with Crippen LogP contribution in [-0.2, 0) is 6.54 Å². The highest BCUT2D eigenvalue weighted by Gasteiger charge is 2.23. The zero-order valence-corrected chi connectivity index (χ0v) is 20.7. The summed E-state index contributed by atoms with van der Waals surface area (Å²) in [7, 11) is 0. The van der Waals surface area contributed by atoms with E-state index in [1.807, 2.05) is 40.6 Å². The van der Waals surface area contributed by atoms with Crippen molar-refractivity contribution < 1.29 is 9.18 Å². The predicted octanol–water partition coefficient (Wildman–Crippen LogP) is 7.17. The summed E-state index contributed by atoms with van der Waals surface area (Å²) in [5, 5.41) is 6.36. The smallest absolute Gasteiger partial charge is 0.251 e. The molecule has 2 aromatic carbocycles. The van der Waals surface area contributed by atoms with Crippen molar-refractivity contribution in [2.45, 2.75) is 32.7 Å². The first-order chi connectivity index (χ1) is 16.4. The normalized spacial score (nSPS) is 15.3. The van der Waals surface area contributed by atoms with Gasteiger partial charge in [0.05, 0.1) is 17.9 Å². The second kappa shape index (κ2) is 11.0. The topological polar surface area (TPSA) is 45.2 Å². The number of carbonyl (C=O) groups excluding carboxylic acids is 1. The largest absolute Gasteiger partial charge is 0.352 e. The Morgan fingerprint density at radius 3 is 2.71 bits per heavy atom. The van der Waals surface area contributed by atoms with Crippen LogP contribution in [0.15, 0.2) is 77.2 Å². The minimum absolute atomic E-state index is 0.0165. The Morgan fingerprint density at radius 2 is 2.00 bits per heavy atom. The van der Waals surface area contributed by atoms with Crippen LogP contribution in [0.1, 0.15) is 47.8 Å². The molecule has 1 aliphatic rings. The Bertz CT molecular complexity index is 1200.